The molecule has 1 aromatic heterocycles. The van der Waals surface area contributed by atoms with Crippen molar-refractivity contribution in [3.63, 3.8) is 0 Å². The number of carbonyl (C=O) groups is 1. The second-order valence-electron chi connectivity index (χ2n) is 8.31. The van der Waals surface area contributed by atoms with Gasteiger partial charge in [-0.3, -0.25) is 4.79 Å². The van der Waals surface area contributed by atoms with E-state index in [1.165, 1.54) is 9.87 Å². The molecule has 0 aliphatic carbocycles. The van der Waals surface area contributed by atoms with Crippen LogP contribution in [0.2, 0.25) is 0 Å². The van der Waals surface area contributed by atoms with Crippen LogP contribution in [0, 0.1) is 12.8 Å². The Morgan fingerprint density at radius 2 is 2.00 bits per heavy atom. The first kappa shape index (κ1) is 21.0. The van der Waals surface area contributed by atoms with Gasteiger partial charge in [0.15, 0.2) is 5.82 Å². The average molecular weight is 433 g/mol. The lowest BCUT2D eigenvalue weighted by atomic mass is 9.81. The average Bonchev–Trinajstić information content (AvgIpc) is 3.41. The number of carbonyl (C=O) groups excluding carboxylic acids is 1. The summed E-state index contributed by atoms with van der Waals surface area (Å²) in [6, 6.07) is 10.1. The highest BCUT2D eigenvalue weighted by atomic mass is 32.2. The van der Waals surface area contributed by atoms with E-state index in [9.17, 15) is 13.2 Å². The third kappa shape index (κ3) is 3.88. The zero-order chi connectivity index (χ0) is 21.4. The summed E-state index contributed by atoms with van der Waals surface area (Å²) in [6.07, 6.45) is 2.12. The Morgan fingerprint density at radius 1 is 1.23 bits per heavy atom. The number of hydrogen-bond acceptors (Lipinski definition) is 6. The summed E-state index contributed by atoms with van der Waals surface area (Å²) >= 11 is 0. The molecule has 0 unspecified atom stereocenters. The summed E-state index contributed by atoms with van der Waals surface area (Å²) in [6.45, 7) is 4.99. The zero-order valence-corrected chi connectivity index (χ0v) is 18.3. The van der Waals surface area contributed by atoms with Crippen LogP contribution in [0.4, 0.5) is 0 Å². The number of likely N-dealkylation sites (tertiary alicyclic amines) is 1. The fraction of sp³-hybridized carbons (Fsp3) is 0.571. The highest BCUT2D eigenvalue weighted by molar-refractivity contribution is 7.89. The molecular weight excluding hydrogens is 404 g/mol. The molecule has 8 nitrogen and oxygen atoms in total. The maximum atomic E-state index is 12.9. The first-order valence-corrected chi connectivity index (χ1v) is 12.1. The van der Waals surface area contributed by atoms with Gasteiger partial charge in [0, 0.05) is 38.5 Å². The van der Waals surface area contributed by atoms with Gasteiger partial charge in [0.05, 0.1) is 11.2 Å². The Bertz CT molecular complexity index is 1010. The summed E-state index contributed by atoms with van der Waals surface area (Å²) in [5.41, 5.74) is 0.598. The Balaban J connectivity index is 1.47. The van der Waals surface area contributed by atoms with E-state index in [-0.39, 0.29) is 24.1 Å². The van der Waals surface area contributed by atoms with E-state index in [0.717, 1.165) is 12.8 Å². The quantitative estimate of drug-likeness (QED) is 0.661. The fourth-order valence-electron chi connectivity index (χ4n) is 4.65. The summed E-state index contributed by atoms with van der Waals surface area (Å²) in [5.74, 6) is 1.07. The third-order valence-electron chi connectivity index (χ3n) is 6.34. The molecule has 0 spiro atoms. The number of aromatic nitrogens is 2. The number of amides is 1. The predicted octanol–water partition coefficient (Wildman–Crippen LogP) is 1.76. The Morgan fingerprint density at radius 3 is 2.67 bits per heavy atom. The van der Waals surface area contributed by atoms with Crippen molar-refractivity contribution >= 4 is 15.9 Å². The smallest absolute Gasteiger partial charge is 0.236 e. The minimum Gasteiger partial charge on any atom is -0.341 e. The van der Waals surface area contributed by atoms with E-state index < -0.39 is 15.4 Å². The molecule has 3 heterocycles. The van der Waals surface area contributed by atoms with Gasteiger partial charge in [-0.2, -0.15) is 4.98 Å². The summed E-state index contributed by atoms with van der Waals surface area (Å²) in [7, 11) is -3.32. The lowest BCUT2D eigenvalue weighted by molar-refractivity contribution is -0.130. The number of hydrogen-bond donors (Lipinski definition) is 0. The molecule has 2 aromatic rings. The second-order valence-corrected chi connectivity index (χ2v) is 10.6. The lowest BCUT2D eigenvalue weighted by Gasteiger charge is -2.25. The summed E-state index contributed by atoms with van der Waals surface area (Å²) in [4.78, 5) is 19.2. The molecule has 1 aromatic carbocycles. The van der Waals surface area contributed by atoms with Crippen LogP contribution >= 0.6 is 0 Å². The standard InChI is InChI=1S/C21H28N4O4S/c1-3-30(27,28)25-13-18-12-24(14-21(18,15-25)20-22-16(2)23-29-20)19(26)11-7-10-17-8-5-4-6-9-17/h4-6,8-9,18H,3,7,10-15H2,1-2H3/t18-,21-/m0/s1. The van der Waals surface area contributed by atoms with Crippen molar-refractivity contribution in [1.29, 1.82) is 0 Å². The fourth-order valence-corrected chi connectivity index (χ4v) is 5.85. The topological polar surface area (TPSA) is 96.6 Å². The van der Waals surface area contributed by atoms with Crippen molar-refractivity contribution in [2.24, 2.45) is 5.92 Å². The first-order valence-electron chi connectivity index (χ1n) is 10.4. The number of aryl methyl sites for hydroxylation is 2. The molecule has 4 rings (SSSR count). The van der Waals surface area contributed by atoms with Crippen molar-refractivity contribution in [3.8, 4) is 0 Å². The van der Waals surface area contributed by atoms with E-state index in [2.05, 4.69) is 22.3 Å². The van der Waals surface area contributed by atoms with Crippen LogP contribution in [0.3, 0.4) is 0 Å². The van der Waals surface area contributed by atoms with Crippen molar-refractivity contribution in [2.75, 3.05) is 31.9 Å². The second kappa shape index (κ2) is 8.11. The van der Waals surface area contributed by atoms with Crippen LogP contribution < -0.4 is 0 Å². The molecule has 1 amide bonds. The molecule has 2 fully saturated rings. The van der Waals surface area contributed by atoms with Crippen molar-refractivity contribution in [3.05, 3.63) is 47.6 Å². The monoisotopic (exact) mass is 432 g/mol. The number of rotatable bonds is 7. The minimum atomic E-state index is -3.32. The maximum absolute atomic E-state index is 12.9. The van der Waals surface area contributed by atoms with Gasteiger partial charge >= 0.3 is 0 Å². The van der Waals surface area contributed by atoms with Crippen LogP contribution in [-0.2, 0) is 26.7 Å². The van der Waals surface area contributed by atoms with Crippen molar-refractivity contribution in [1.82, 2.24) is 19.3 Å². The lowest BCUT2D eigenvalue weighted by Crippen LogP contribution is -2.41. The predicted molar refractivity (Wildman–Crippen MR) is 111 cm³/mol. The molecule has 2 atom stereocenters. The highest BCUT2D eigenvalue weighted by Gasteiger charge is 2.59. The van der Waals surface area contributed by atoms with Gasteiger partial charge in [0.1, 0.15) is 0 Å². The summed E-state index contributed by atoms with van der Waals surface area (Å²) in [5, 5.41) is 3.92. The van der Waals surface area contributed by atoms with Gasteiger partial charge in [-0.1, -0.05) is 35.5 Å². The van der Waals surface area contributed by atoms with Gasteiger partial charge in [-0.25, -0.2) is 12.7 Å². The van der Waals surface area contributed by atoms with E-state index in [1.807, 2.05) is 23.1 Å². The van der Waals surface area contributed by atoms with Crippen molar-refractivity contribution in [2.45, 2.75) is 38.5 Å². The zero-order valence-electron chi connectivity index (χ0n) is 17.5. The molecule has 9 heteroatoms. The van der Waals surface area contributed by atoms with Crippen LogP contribution in [0.25, 0.3) is 0 Å². The SMILES string of the molecule is CCS(=O)(=O)N1C[C@@H]2CN(C(=O)CCCc3ccccc3)C[C@]2(c2nc(C)no2)C1. The maximum Gasteiger partial charge on any atom is 0.236 e. The largest absolute Gasteiger partial charge is 0.341 e. The van der Waals surface area contributed by atoms with Gasteiger partial charge in [-0.05, 0) is 32.3 Å². The molecule has 2 saturated heterocycles. The van der Waals surface area contributed by atoms with E-state index >= 15 is 0 Å². The van der Waals surface area contributed by atoms with E-state index in [4.69, 9.17) is 4.52 Å². The molecule has 2 aliphatic heterocycles. The van der Waals surface area contributed by atoms with Gasteiger partial charge < -0.3 is 9.42 Å². The molecule has 162 valence electrons. The Labute approximate surface area is 177 Å². The highest BCUT2D eigenvalue weighted by Crippen LogP contribution is 2.45. The normalized spacial score (nSPS) is 24.3. The van der Waals surface area contributed by atoms with Gasteiger partial charge in [0.25, 0.3) is 0 Å². The van der Waals surface area contributed by atoms with Crippen LogP contribution in [0.5, 0.6) is 0 Å². The molecule has 30 heavy (non-hydrogen) atoms. The molecule has 0 saturated carbocycles. The van der Waals surface area contributed by atoms with Crippen LogP contribution in [0.15, 0.2) is 34.9 Å². The van der Waals surface area contributed by atoms with E-state index in [0.29, 0.717) is 37.8 Å². The first-order chi connectivity index (χ1) is 14.3. The Kier molecular flexibility index (Phi) is 5.67. The number of fused-ring (bicyclic) bond motifs is 1. The number of benzene rings is 1. The number of nitrogens with zero attached hydrogens (tertiary/aromatic N) is 4. The number of sulfonamides is 1. The van der Waals surface area contributed by atoms with E-state index in [1.54, 1.807) is 13.8 Å². The van der Waals surface area contributed by atoms with Crippen molar-refractivity contribution < 1.29 is 17.7 Å². The Hall–Kier alpha value is -2.26. The molecule has 2 aliphatic rings. The molecule has 0 N–H and O–H groups in total. The molecule has 0 radical (unpaired) electrons. The minimum absolute atomic E-state index is 0.0447. The summed E-state index contributed by atoms with van der Waals surface area (Å²) < 4.78 is 32.0. The third-order valence-corrected chi connectivity index (χ3v) is 8.14. The van der Waals surface area contributed by atoms with Gasteiger partial charge in [0.2, 0.25) is 21.8 Å². The molecule has 0 bridgehead atoms. The molecular formula is C21H28N4O4S. The van der Waals surface area contributed by atoms with Crippen LogP contribution in [-0.4, -0.2) is 65.6 Å². The van der Waals surface area contributed by atoms with Gasteiger partial charge in [-0.15, -0.1) is 0 Å². The van der Waals surface area contributed by atoms with Crippen LogP contribution in [0.1, 0.15) is 37.0 Å².